The number of halogens is 3. The first-order chi connectivity index (χ1) is 12.1. The molecule has 3 heterocycles. The summed E-state index contributed by atoms with van der Waals surface area (Å²) in [6, 6.07) is 4.73. The van der Waals surface area contributed by atoms with Crippen molar-refractivity contribution in [3.8, 4) is 0 Å². The van der Waals surface area contributed by atoms with Crippen LogP contribution in [0.2, 0.25) is 5.02 Å². The van der Waals surface area contributed by atoms with E-state index in [1.165, 1.54) is 6.07 Å². The minimum Gasteiger partial charge on any atom is -0.369 e. The Labute approximate surface area is 161 Å². The van der Waals surface area contributed by atoms with Crippen molar-refractivity contribution < 1.29 is 9.18 Å². The lowest BCUT2D eigenvalue weighted by molar-refractivity contribution is 0.0934. The highest BCUT2D eigenvalue weighted by atomic mass is 35.5. The number of nitrogens with one attached hydrogen (secondary N) is 3. The van der Waals surface area contributed by atoms with Crippen molar-refractivity contribution in [3.05, 3.63) is 46.0 Å². The fraction of sp³-hybridized carbons (Fsp3) is 0.412. The molecule has 0 saturated carbocycles. The number of rotatable bonds is 3. The number of benzene rings is 1. The summed E-state index contributed by atoms with van der Waals surface area (Å²) < 4.78 is 13.3. The van der Waals surface area contributed by atoms with Crippen LogP contribution in [0.1, 0.15) is 28.2 Å². The Bertz CT molecular complexity index is 812. The Morgan fingerprint density at radius 2 is 2.27 bits per heavy atom. The molecule has 0 bridgehead atoms. The number of hydrogen-bond acceptors (Lipinski definition) is 4. The minimum atomic E-state index is -0.425. The number of nitrogens with zero attached hydrogens (tertiary/aromatic N) is 2. The number of carbonyl (C=O) groups excluding carboxylic acids is 1. The van der Waals surface area contributed by atoms with E-state index in [0.29, 0.717) is 18.8 Å². The van der Waals surface area contributed by atoms with Gasteiger partial charge in [0.05, 0.1) is 5.02 Å². The number of amides is 1. The van der Waals surface area contributed by atoms with Crippen molar-refractivity contribution in [3.63, 3.8) is 0 Å². The molecule has 26 heavy (non-hydrogen) atoms. The zero-order chi connectivity index (χ0) is 17.4. The van der Waals surface area contributed by atoms with Crippen molar-refractivity contribution >= 4 is 35.6 Å². The molecule has 1 aromatic heterocycles. The number of hydrogen-bond donors (Lipinski definition) is 3. The maximum atomic E-state index is 13.3. The van der Waals surface area contributed by atoms with Crippen LogP contribution in [0.3, 0.4) is 0 Å². The Kier molecular flexibility index (Phi) is 5.70. The van der Waals surface area contributed by atoms with Crippen LogP contribution in [0, 0.1) is 5.82 Å². The summed E-state index contributed by atoms with van der Waals surface area (Å²) in [5.41, 5.74) is 3.34. The predicted octanol–water partition coefficient (Wildman–Crippen LogP) is 2.28. The van der Waals surface area contributed by atoms with Gasteiger partial charge in [0, 0.05) is 55.6 Å². The van der Waals surface area contributed by atoms with E-state index >= 15 is 0 Å². The summed E-state index contributed by atoms with van der Waals surface area (Å²) >= 11 is 5.86. The van der Waals surface area contributed by atoms with E-state index in [4.69, 9.17) is 11.6 Å². The highest BCUT2D eigenvalue weighted by Crippen LogP contribution is 2.26. The van der Waals surface area contributed by atoms with Crippen LogP contribution in [0.25, 0.3) is 0 Å². The van der Waals surface area contributed by atoms with Crippen LogP contribution >= 0.6 is 24.0 Å². The van der Waals surface area contributed by atoms with Gasteiger partial charge < -0.3 is 15.5 Å². The first-order valence-corrected chi connectivity index (χ1v) is 8.77. The first-order valence-electron chi connectivity index (χ1n) is 8.39. The molecular formula is C17H20Cl2FN5O. The number of aromatic nitrogens is 2. The van der Waals surface area contributed by atoms with E-state index < -0.39 is 5.82 Å². The zero-order valence-corrected chi connectivity index (χ0v) is 15.6. The second-order valence-corrected chi connectivity index (χ2v) is 6.87. The molecule has 1 atom stereocenters. The fourth-order valence-corrected chi connectivity index (χ4v) is 3.64. The highest BCUT2D eigenvalue weighted by Gasteiger charge is 2.27. The summed E-state index contributed by atoms with van der Waals surface area (Å²) in [5, 5.41) is 13.6. The number of anilines is 1. The normalized spacial score (nSPS) is 19.0. The molecule has 140 valence electrons. The van der Waals surface area contributed by atoms with E-state index in [1.807, 2.05) is 0 Å². The van der Waals surface area contributed by atoms with E-state index in [2.05, 4.69) is 25.7 Å². The number of fused-ring (bicyclic) bond motifs is 1. The van der Waals surface area contributed by atoms with Crippen LogP contribution in [-0.4, -0.2) is 41.8 Å². The van der Waals surface area contributed by atoms with Gasteiger partial charge in [-0.3, -0.25) is 9.89 Å². The van der Waals surface area contributed by atoms with Crippen LogP contribution < -0.4 is 15.5 Å². The third-order valence-electron chi connectivity index (χ3n) is 4.81. The van der Waals surface area contributed by atoms with Gasteiger partial charge in [-0.2, -0.15) is 5.10 Å². The van der Waals surface area contributed by atoms with Gasteiger partial charge >= 0.3 is 0 Å². The van der Waals surface area contributed by atoms with Gasteiger partial charge in [-0.15, -0.1) is 12.4 Å². The molecule has 0 radical (unpaired) electrons. The molecule has 4 rings (SSSR count). The monoisotopic (exact) mass is 399 g/mol. The van der Waals surface area contributed by atoms with Crippen molar-refractivity contribution in [2.75, 3.05) is 24.5 Å². The molecule has 1 aromatic carbocycles. The van der Waals surface area contributed by atoms with Crippen LogP contribution in [0.15, 0.2) is 18.2 Å². The summed E-state index contributed by atoms with van der Waals surface area (Å²) in [6.07, 6.45) is 1.68. The highest BCUT2D eigenvalue weighted by molar-refractivity contribution is 6.31. The number of aromatic amines is 1. The zero-order valence-electron chi connectivity index (χ0n) is 14.0. The Morgan fingerprint density at radius 1 is 1.42 bits per heavy atom. The molecule has 3 N–H and O–H groups in total. The minimum absolute atomic E-state index is 0. The van der Waals surface area contributed by atoms with E-state index in [9.17, 15) is 9.18 Å². The van der Waals surface area contributed by atoms with Crippen molar-refractivity contribution in [2.24, 2.45) is 0 Å². The molecule has 9 heteroatoms. The van der Waals surface area contributed by atoms with Gasteiger partial charge in [-0.25, -0.2) is 4.39 Å². The maximum absolute atomic E-state index is 13.3. The summed E-state index contributed by atoms with van der Waals surface area (Å²) in [4.78, 5) is 14.7. The smallest absolute Gasteiger partial charge is 0.272 e. The van der Waals surface area contributed by atoms with Gasteiger partial charge in [-0.1, -0.05) is 11.6 Å². The van der Waals surface area contributed by atoms with Crippen molar-refractivity contribution in [1.29, 1.82) is 0 Å². The first kappa shape index (κ1) is 18.9. The third kappa shape index (κ3) is 3.65. The molecule has 0 spiro atoms. The summed E-state index contributed by atoms with van der Waals surface area (Å²) in [5.74, 6) is -0.573. The van der Waals surface area contributed by atoms with Crippen molar-refractivity contribution in [2.45, 2.75) is 25.4 Å². The van der Waals surface area contributed by atoms with Gasteiger partial charge in [0.25, 0.3) is 5.91 Å². The molecule has 1 amide bonds. The van der Waals surface area contributed by atoms with Gasteiger partial charge in [-0.05, 0) is 24.6 Å². The average molecular weight is 400 g/mol. The van der Waals surface area contributed by atoms with Crippen LogP contribution in [-0.2, 0) is 13.0 Å². The molecule has 1 fully saturated rings. The molecule has 2 aliphatic rings. The van der Waals surface area contributed by atoms with Crippen molar-refractivity contribution in [1.82, 2.24) is 20.8 Å². The van der Waals surface area contributed by atoms with Crippen LogP contribution in [0.5, 0.6) is 0 Å². The molecule has 2 aromatic rings. The largest absolute Gasteiger partial charge is 0.369 e. The molecule has 1 unspecified atom stereocenters. The Hall–Kier alpha value is -1.83. The lowest BCUT2D eigenvalue weighted by atomic mass is 10.1. The molecule has 6 nitrogen and oxygen atoms in total. The number of carbonyl (C=O) groups is 1. The lowest BCUT2D eigenvalue weighted by Crippen LogP contribution is -2.38. The Balaban J connectivity index is 0.00000196. The standard InChI is InChI=1S/C17H19ClFN5O.ClH/c18-13-7-11(1-2-14(13)19)24-6-4-10(9-24)21-17(25)16-12-8-20-5-3-15(12)22-23-16;/h1-2,7,10,20H,3-6,8-9H2,(H,21,25)(H,22,23);1H. The summed E-state index contributed by atoms with van der Waals surface area (Å²) in [7, 11) is 0. The van der Waals surface area contributed by atoms with Gasteiger partial charge in [0.2, 0.25) is 0 Å². The number of H-pyrrole nitrogens is 1. The molecular weight excluding hydrogens is 380 g/mol. The fourth-order valence-electron chi connectivity index (χ4n) is 3.46. The van der Waals surface area contributed by atoms with E-state index in [1.54, 1.807) is 12.1 Å². The quantitative estimate of drug-likeness (QED) is 0.739. The second-order valence-electron chi connectivity index (χ2n) is 6.46. The third-order valence-corrected chi connectivity index (χ3v) is 5.10. The topological polar surface area (TPSA) is 73.0 Å². The summed E-state index contributed by atoms with van der Waals surface area (Å²) in [6.45, 7) is 3.01. The predicted molar refractivity (Wildman–Crippen MR) is 101 cm³/mol. The molecule has 2 aliphatic heterocycles. The van der Waals surface area contributed by atoms with E-state index in [0.717, 1.165) is 42.9 Å². The second kappa shape index (κ2) is 7.82. The van der Waals surface area contributed by atoms with Gasteiger partial charge in [0.15, 0.2) is 5.69 Å². The molecule has 1 saturated heterocycles. The van der Waals surface area contributed by atoms with E-state index in [-0.39, 0.29) is 29.4 Å². The molecule has 0 aliphatic carbocycles. The Morgan fingerprint density at radius 3 is 3.08 bits per heavy atom. The lowest BCUT2D eigenvalue weighted by Gasteiger charge is -2.19. The van der Waals surface area contributed by atoms with Crippen LogP contribution in [0.4, 0.5) is 10.1 Å². The van der Waals surface area contributed by atoms with Gasteiger partial charge in [0.1, 0.15) is 5.82 Å². The maximum Gasteiger partial charge on any atom is 0.272 e. The SMILES string of the molecule is Cl.O=C(NC1CCN(c2ccc(F)c(Cl)c2)C1)c1n[nH]c2c1CNCC2. The average Bonchev–Trinajstić information content (AvgIpc) is 3.24.